The summed E-state index contributed by atoms with van der Waals surface area (Å²) in [6.45, 7) is 4.05. The van der Waals surface area contributed by atoms with E-state index in [1.807, 2.05) is 6.92 Å². The van der Waals surface area contributed by atoms with Crippen LogP contribution in [0.3, 0.4) is 0 Å². The van der Waals surface area contributed by atoms with Crippen LogP contribution in [-0.4, -0.2) is 97.3 Å². The minimum absolute atomic E-state index is 0.0164. The third kappa shape index (κ3) is 5.84. The smallest absolute Gasteiger partial charge is 0.290 e. The molecule has 3 rings (SSSR count). The number of carbonyl (C=O) groups is 4. The zero-order valence-electron chi connectivity index (χ0n) is 21.3. The number of hydrogen-bond acceptors (Lipinski definition) is 9. The fourth-order valence-electron chi connectivity index (χ4n) is 4.74. The predicted molar refractivity (Wildman–Crippen MR) is 132 cm³/mol. The van der Waals surface area contributed by atoms with Gasteiger partial charge >= 0.3 is 0 Å². The molecule has 202 valence electrons. The molecule has 37 heavy (non-hydrogen) atoms. The van der Waals surface area contributed by atoms with E-state index in [1.165, 1.54) is 24.2 Å². The van der Waals surface area contributed by atoms with Crippen molar-refractivity contribution in [2.45, 2.75) is 50.9 Å². The highest BCUT2D eigenvalue weighted by Gasteiger charge is 2.51. The molecule has 0 bridgehead atoms. The zero-order chi connectivity index (χ0) is 27.1. The van der Waals surface area contributed by atoms with Gasteiger partial charge in [0.15, 0.2) is 11.5 Å². The Morgan fingerprint density at radius 3 is 2.62 bits per heavy atom. The highest BCUT2D eigenvalue weighted by Crippen LogP contribution is 2.51. The van der Waals surface area contributed by atoms with E-state index in [4.69, 9.17) is 14.2 Å². The Labute approximate surface area is 215 Å². The third-order valence-electron chi connectivity index (χ3n) is 6.48. The Bertz CT molecular complexity index is 1050. The largest absolute Gasteiger partial charge is 0.493 e. The van der Waals surface area contributed by atoms with Gasteiger partial charge < -0.3 is 34.6 Å². The average Bonchev–Trinajstić information content (AvgIpc) is 3.31. The monoisotopic (exact) mass is 518 g/mol. The summed E-state index contributed by atoms with van der Waals surface area (Å²) in [5.74, 6) is -2.17. The Morgan fingerprint density at radius 1 is 1.24 bits per heavy atom. The second kappa shape index (κ2) is 12.8. The van der Waals surface area contributed by atoms with E-state index in [0.717, 1.165) is 0 Å². The van der Waals surface area contributed by atoms with Crippen molar-refractivity contribution in [3.8, 4) is 11.5 Å². The molecular weight excluding hydrogens is 484 g/mol. The number of Topliss-reactive ketones (excluding diaryl/α,β-unsaturated/α-hetero) is 1. The number of ketones is 1. The molecule has 2 aliphatic rings. The molecule has 2 amide bonds. The van der Waals surface area contributed by atoms with Crippen molar-refractivity contribution in [3.05, 3.63) is 34.9 Å². The molecule has 0 saturated heterocycles. The van der Waals surface area contributed by atoms with Crippen molar-refractivity contribution in [2.75, 3.05) is 40.0 Å². The van der Waals surface area contributed by atoms with Crippen LogP contribution in [0.5, 0.6) is 11.5 Å². The van der Waals surface area contributed by atoms with Crippen LogP contribution >= 0.6 is 0 Å². The number of methoxy groups -OCH3 is 1. The van der Waals surface area contributed by atoms with E-state index in [-0.39, 0.29) is 43.2 Å². The van der Waals surface area contributed by atoms with Gasteiger partial charge in [0, 0.05) is 49.4 Å². The molecule has 0 aromatic heterocycles. The van der Waals surface area contributed by atoms with Crippen LogP contribution in [0.1, 0.15) is 48.5 Å². The summed E-state index contributed by atoms with van der Waals surface area (Å²) in [6, 6.07) is 2.01. The fraction of sp³-hybridized carbons (Fsp3) is 0.538. The standard InChI is InChI=1S/C26H34N2O9/c1-4-19(31)26(34)28(8-6-10-36-5-2)18-13-17(25(33)27-7-9-29)21-16-11-15(14-30)12-20(35-3)23(16)37-24(21)22(18)32/h11-14,18,21-22,24,29,32H,4-10H2,1-3H3,(H,27,33). The lowest BCUT2D eigenvalue weighted by molar-refractivity contribution is -0.148. The fourth-order valence-corrected chi connectivity index (χ4v) is 4.74. The molecular formula is C26H34N2O9. The molecule has 3 N–H and O–H groups in total. The second-order valence-electron chi connectivity index (χ2n) is 8.73. The maximum Gasteiger partial charge on any atom is 0.290 e. The SMILES string of the molecule is CCOCCCN(C(=O)C(=O)CC)C1C=C(C(=O)NCCO)C2c3cc(C=O)cc(OC)c3OC2C1O. The van der Waals surface area contributed by atoms with Crippen molar-refractivity contribution in [1.82, 2.24) is 10.2 Å². The van der Waals surface area contributed by atoms with Crippen molar-refractivity contribution in [2.24, 2.45) is 0 Å². The van der Waals surface area contributed by atoms with Crippen molar-refractivity contribution in [3.63, 3.8) is 0 Å². The Morgan fingerprint density at radius 2 is 2.00 bits per heavy atom. The lowest BCUT2D eigenvalue weighted by atomic mass is 9.77. The van der Waals surface area contributed by atoms with Crippen LogP contribution in [0, 0.1) is 0 Å². The van der Waals surface area contributed by atoms with E-state index < -0.39 is 41.8 Å². The maximum absolute atomic E-state index is 13.2. The van der Waals surface area contributed by atoms with Gasteiger partial charge in [-0.3, -0.25) is 19.2 Å². The van der Waals surface area contributed by atoms with Crippen LogP contribution in [0.2, 0.25) is 0 Å². The maximum atomic E-state index is 13.2. The Hall–Kier alpha value is -3.28. The van der Waals surface area contributed by atoms with E-state index >= 15 is 0 Å². The normalized spacial score (nSPS) is 21.7. The number of aliphatic hydroxyl groups excluding tert-OH is 2. The summed E-state index contributed by atoms with van der Waals surface area (Å²) < 4.78 is 16.9. The van der Waals surface area contributed by atoms with E-state index in [1.54, 1.807) is 13.0 Å². The number of carbonyl (C=O) groups excluding carboxylic acids is 4. The number of aldehydes is 1. The number of nitrogens with zero attached hydrogens (tertiary/aromatic N) is 1. The van der Waals surface area contributed by atoms with Gasteiger partial charge in [0.2, 0.25) is 11.7 Å². The van der Waals surface area contributed by atoms with Gasteiger partial charge in [-0.05, 0) is 31.6 Å². The molecule has 0 saturated carbocycles. The molecule has 1 aromatic rings. The van der Waals surface area contributed by atoms with Gasteiger partial charge in [-0.25, -0.2) is 0 Å². The summed E-state index contributed by atoms with van der Waals surface area (Å²) in [4.78, 5) is 51.5. The number of aliphatic hydroxyl groups is 2. The lowest BCUT2D eigenvalue weighted by Gasteiger charge is -2.40. The van der Waals surface area contributed by atoms with Gasteiger partial charge in [0.05, 0.1) is 25.7 Å². The van der Waals surface area contributed by atoms with Gasteiger partial charge in [-0.2, -0.15) is 0 Å². The summed E-state index contributed by atoms with van der Waals surface area (Å²) in [6.07, 6.45) is 0.190. The van der Waals surface area contributed by atoms with E-state index in [2.05, 4.69) is 5.32 Å². The molecule has 11 nitrogen and oxygen atoms in total. The molecule has 1 aliphatic heterocycles. The third-order valence-corrected chi connectivity index (χ3v) is 6.48. The molecule has 1 heterocycles. The number of hydrogen-bond donors (Lipinski definition) is 3. The minimum atomic E-state index is -1.31. The molecule has 0 fully saturated rings. The number of rotatable bonds is 13. The molecule has 4 unspecified atom stereocenters. The number of ether oxygens (including phenoxy) is 3. The molecule has 1 aromatic carbocycles. The van der Waals surface area contributed by atoms with Crippen molar-refractivity contribution >= 4 is 23.9 Å². The van der Waals surface area contributed by atoms with Crippen LogP contribution < -0.4 is 14.8 Å². The topological polar surface area (TPSA) is 152 Å². The number of amides is 2. The summed E-state index contributed by atoms with van der Waals surface area (Å²) in [5.41, 5.74) is 0.963. The van der Waals surface area contributed by atoms with Crippen LogP contribution in [0.4, 0.5) is 0 Å². The summed E-state index contributed by atoms with van der Waals surface area (Å²) in [7, 11) is 1.41. The number of fused-ring (bicyclic) bond motifs is 3. The lowest BCUT2D eigenvalue weighted by Crippen LogP contribution is -2.57. The van der Waals surface area contributed by atoms with Crippen LogP contribution in [-0.2, 0) is 19.1 Å². The van der Waals surface area contributed by atoms with Gasteiger partial charge in [0.25, 0.3) is 5.91 Å². The first-order valence-electron chi connectivity index (χ1n) is 12.4. The van der Waals surface area contributed by atoms with E-state index in [0.29, 0.717) is 37.0 Å². The first-order valence-corrected chi connectivity index (χ1v) is 12.4. The Balaban J connectivity index is 2.10. The Kier molecular flexibility index (Phi) is 9.79. The van der Waals surface area contributed by atoms with Crippen LogP contribution in [0.25, 0.3) is 0 Å². The zero-order valence-corrected chi connectivity index (χ0v) is 21.3. The van der Waals surface area contributed by atoms with Gasteiger partial charge in [0.1, 0.15) is 18.5 Å². The number of benzene rings is 1. The quantitative estimate of drug-likeness (QED) is 0.191. The summed E-state index contributed by atoms with van der Waals surface area (Å²) >= 11 is 0. The van der Waals surface area contributed by atoms with E-state index in [9.17, 15) is 29.4 Å². The van der Waals surface area contributed by atoms with Crippen molar-refractivity contribution in [1.29, 1.82) is 0 Å². The number of nitrogens with one attached hydrogen (secondary N) is 1. The average molecular weight is 519 g/mol. The molecule has 1 aliphatic carbocycles. The van der Waals surface area contributed by atoms with Crippen molar-refractivity contribution < 1.29 is 43.6 Å². The first-order chi connectivity index (χ1) is 17.8. The second-order valence-corrected chi connectivity index (χ2v) is 8.73. The predicted octanol–water partition coefficient (Wildman–Crippen LogP) is 0.365. The first kappa shape index (κ1) is 28.3. The van der Waals surface area contributed by atoms with Gasteiger partial charge in [-0.1, -0.05) is 6.92 Å². The molecule has 0 radical (unpaired) electrons. The molecule has 11 heteroatoms. The highest BCUT2D eigenvalue weighted by molar-refractivity contribution is 6.36. The molecule has 0 spiro atoms. The van der Waals surface area contributed by atoms with Gasteiger partial charge in [-0.15, -0.1) is 0 Å². The molecule has 4 atom stereocenters. The van der Waals surface area contributed by atoms with Crippen LogP contribution in [0.15, 0.2) is 23.8 Å². The highest BCUT2D eigenvalue weighted by atomic mass is 16.5. The summed E-state index contributed by atoms with van der Waals surface area (Å²) in [5, 5.41) is 23.3. The minimum Gasteiger partial charge on any atom is -0.493 e.